The number of hydrogen-bond acceptors (Lipinski definition) is 4. The van der Waals surface area contributed by atoms with Crippen LogP contribution in [0.2, 0.25) is 0 Å². The van der Waals surface area contributed by atoms with E-state index in [1.165, 1.54) is 10.6 Å². The Morgan fingerprint density at radius 1 is 1.26 bits per heavy atom. The number of ether oxygens (including phenoxy) is 1. The lowest BCUT2D eigenvalue weighted by molar-refractivity contribution is -0.148. The summed E-state index contributed by atoms with van der Waals surface area (Å²) >= 11 is 0. The van der Waals surface area contributed by atoms with E-state index in [1.807, 2.05) is 11.1 Å². The van der Waals surface area contributed by atoms with Gasteiger partial charge in [0.2, 0.25) is 0 Å². The first-order valence-corrected chi connectivity index (χ1v) is 8.11. The summed E-state index contributed by atoms with van der Waals surface area (Å²) in [5.41, 5.74) is 6.75. The maximum Gasteiger partial charge on any atom is 0.329 e. The third kappa shape index (κ3) is 5.25. The molecule has 2 rings (SSSR count). The number of nitrogens with zero attached hydrogens (tertiary/aromatic N) is 2. The Balaban J connectivity index is 1.85. The lowest BCUT2D eigenvalue weighted by Gasteiger charge is -2.38. The normalized spacial score (nSPS) is 16.0. The van der Waals surface area contributed by atoms with Gasteiger partial charge >= 0.3 is 12.0 Å². The van der Waals surface area contributed by atoms with E-state index >= 15 is 0 Å². The van der Waals surface area contributed by atoms with Crippen molar-refractivity contribution in [2.75, 3.05) is 26.2 Å². The molecule has 1 aliphatic heterocycles. The Kier molecular flexibility index (Phi) is 6.40. The molecule has 0 atom stereocenters. The fourth-order valence-electron chi connectivity index (χ4n) is 2.96. The fraction of sp³-hybridized carbons (Fsp3) is 0.529. The maximum atomic E-state index is 11.6. The molecule has 1 aromatic rings. The van der Waals surface area contributed by atoms with Gasteiger partial charge in [-0.3, -0.25) is 4.79 Å². The molecule has 6 nitrogen and oxygen atoms in total. The average molecular weight is 319 g/mol. The van der Waals surface area contributed by atoms with Crippen LogP contribution in [0, 0.1) is 5.92 Å². The summed E-state index contributed by atoms with van der Waals surface area (Å²) < 4.78 is 4.90. The van der Waals surface area contributed by atoms with E-state index in [9.17, 15) is 9.59 Å². The molecule has 6 heteroatoms. The Labute approximate surface area is 137 Å². The zero-order valence-corrected chi connectivity index (χ0v) is 13.6. The quantitative estimate of drug-likeness (QED) is 0.811. The number of benzene rings is 1. The van der Waals surface area contributed by atoms with E-state index in [-0.39, 0.29) is 6.54 Å². The SMILES string of the molecule is CCOC(=O)CN(C(N)=O)N1CCC(Cc2ccccc2)CC1. The Bertz CT molecular complexity index is 513. The second-order valence-corrected chi connectivity index (χ2v) is 5.79. The molecular formula is C17H25N3O3. The highest BCUT2D eigenvalue weighted by molar-refractivity contribution is 5.79. The van der Waals surface area contributed by atoms with Crippen molar-refractivity contribution in [3.05, 3.63) is 35.9 Å². The van der Waals surface area contributed by atoms with Crippen LogP contribution < -0.4 is 5.73 Å². The number of carbonyl (C=O) groups is 2. The fourth-order valence-corrected chi connectivity index (χ4v) is 2.96. The number of amides is 2. The molecule has 2 N–H and O–H groups in total. The Morgan fingerprint density at radius 3 is 2.48 bits per heavy atom. The molecule has 0 bridgehead atoms. The number of nitrogens with two attached hydrogens (primary N) is 1. The van der Waals surface area contributed by atoms with Gasteiger partial charge in [-0.15, -0.1) is 0 Å². The van der Waals surface area contributed by atoms with Gasteiger partial charge in [0.25, 0.3) is 0 Å². The van der Waals surface area contributed by atoms with Gasteiger partial charge in [-0.2, -0.15) is 0 Å². The number of rotatable bonds is 6. The first kappa shape index (κ1) is 17.3. The van der Waals surface area contributed by atoms with Crippen molar-refractivity contribution in [2.24, 2.45) is 11.7 Å². The largest absolute Gasteiger partial charge is 0.465 e. The standard InChI is InChI=1S/C17H25N3O3/c1-2-23-16(21)13-20(17(18)22)19-10-8-15(9-11-19)12-14-6-4-3-5-7-14/h3-7,15H,2,8-13H2,1H3,(H2,18,22). The molecule has 0 saturated carbocycles. The van der Waals surface area contributed by atoms with E-state index in [1.54, 1.807) is 6.92 Å². The monoisotopic (exact) mass is 319 g/mol. The van der Waals surface area contributed by atoms with Crippen LogP contribution in [0.4, 0.5) is 4.79 Å². The van der Waals surface area contributed by atoms with Gasteiger partial charge in [0.05, 0.1) is 6.61 Å². The molecule has 1 aliphatic rings. The number of carbonyl (C=O) groups excluding carboxylic acids is 2. The minimum atomic E-state index is -0.612. The second kappa shape index (κ2) is 8.53. The molecule has 0 aliphatic carbocycles. The van der Waals surface area contributed by atoms with Crippen molar-refractivity contribution < 1.29 is 14.3 Å². The molecule has 0 aromatic heterocycles. The molecule has 1 aromatic carbocycles. The van der Waals surface area contributed by atoms with Crippen LogP contribution in [-0.2, 0) is 16.0 Å². The van der Waals surface area contributed by atoms with Crippen LogP contribution in [0.5, 0.6) is 0 Å². The van der Waals surface area contributed by atoms with Gasteiger partial charge in [0.1, 0.15) is 6.54 Å². The molecule has 23 heavy (non-hydrogen) atoms. The van der Waals surface area contributed by atoms with E-state index in [0.717, 1.165) is 32.4 Å². The predicted molar refractivity (Wildman–Crippen MR) is 87.4 cm³/mol. The topological polar surface area (TPSA) is 75.9 Å². The second-order valence-electron chi connectivity index (χ2n) is 5.79. The summed E-state index contributed by atoms with van der Waals surface area (Å²) in [6.45, 7) is 3.36. The number of hydrazine groups is 1. The summed E-state index contributed by atoms with van der Waals surface area (Å²) in [6.07, 6.45) is 2.99. The molecule has 1 fully saturated rings. The number of piperidine rings is 1. The highest BCUT2D eigenvalue weighted by Crippen LogP contribution is 2.22. The van der Waals surface area contributed by atoms with Crippen LogP contribution in [0.3, 0.4) is 0 Å². The van der Waals surface area contributed by atoms with Gasteiger partial charge in [-0.05, 0) is 37.7 Å². The van der Waals surface area contributed by atoms with Crippen LogP contribution in [0.1, 0.15) is 25.3 Å². The molecule has 1 saturated heterocycles. The first-order valence-electron chi connectivity index (χ1n) is 8.11. The minimum Gasteiger partial charge on any atom is -0.465 e. The number of urea groups is 1. The third-order valence-electron chi connectivity index (χ3n) is 4.14. The van der Waals surface area contributed by atoms with Crippen molar-refractivity contribution in [1.82, 2.24) is 10.0 Å². The zero-order valence-electron chi connectivity index (χ0n) is 13.6. The summed E-state index contributed by atoms with van der Waals surface area (Å²) in [6, 6.07) is 9.80. The molecule has 0 radical (unpaired) electrons. The minimum absolute atomic E-state index is 0.119. The molecule has 0 spiro atoms. The van der Waals surface area contributed by atoms with Gasteiger partial charge in [0, 0.05) is 13.1 Å². The Hall–Kier alpha value is -2.08. The maximum absolute atomic E-state index is 11.6. The van der Waals surface area contributed by atoms with Gasteiger partial charge in [-0.25, -0.2) is 14.8 Å². The number of esters is 1. The van der Waals surface area contributed by atoms with Crippen molar-refractivity contribution in [3.63, 3.8) is 0 Å². The smallest absolute Gasteiger partial charge is 0.329 e. The van der Waals surface area contributed by atoms with E-state index in [4.69, 9.17) is 10.5 Å². The van der Waals surface area contributed by atoms with Crippen molar-refractivity contribution in [1.29, 1.82) is 0 Å². The van der Waals surface area contributed by atoms with Crippen LogP contribution >= 0.6 is 0 Å². The zero-order chi connectivity index (χ0) is 16.7. The summed E-state index contributed by atoms with van der Waals surface area (Å²) in [7, 11) is 0. The molecule has 2 amide bonds. The van der Waals surface area contributed by atoms with E-state index < -0.39 is 12.0 Å². The van der Waals surface area contributed by atoms with Crippen molar-refractivity contribution in [3.8, 4) is 0 Å². The van der Waals surface area contributed by atoms with Gasteiger partial charge in [-0.1, -0.05) is 30.3 Å². The summed E-state index contributed by atoms with van der Waals surface area (Å²) in [4.78, 5) is 23.2. The van der Waals surface area contributed by atoms with Crippen LogP contribution in [-0.4, -0.2) is 48.3 Å². The van der Waals surface area contributed by atoms with Crippen LogP contribution in [0.15, 0.2) is 30.3 Å². The third-order valence-corrected chi connectivity index (χ3v) is 4.14. The number of primary amides is 1. The van der Waals surface area contributed by atoms with Crippen molar-refractivity contribution >= 4 is 12.0 Å². The lowest BCUT2D eigenvalue weighted by Crippen LogP contribution is -2.54. The lowest BCUT2D eigenvalue weighted by atomic mass is 9.91. The average Bonchev–Trinajstić information content (AvgIpc) is 2.54. The number of hydrogen-bond donors (Lipinski definition) is 1. The first-order chi connectivity index (χ1) is 11.1. The van der Waals surface area contributed by atoms with Gasteiger partial charge in [0.15, 0.2) is 0 Å². The Morgan fingerprint density at radius 2 is 1.91 bits per heavy atom. The van der Waals surface area contributed by atoms with E-state index in [0.29, 0.717) is 12.5 Å². The molecular weight excluding hydrogens is 294 g/mol. The summed E-state index contributed by atoms with van der Waals surface area (Å²) in [5, 5.41) is 3.16. The molecule has 126 valence electrons. The highest BCUT2D eigenvalue weighted by atomic mass is 16.5. The van der Waals surface area contributed by atoms with E-state index in [2.05, 4.69) is 24.3 Å². The predicted octanol–water partition coefficient (Wildman–Crippen LogP) is 1.80. The van der Waals surface area contributed by atoms with Crippen LogP contribution in [0.25, 0.3) is 0 Å². The molecule has 0 unspecified atom stereocenters. The summed E-state index contributed by atoms with van der Waals surface area (Å²) in [5.74, 6) is 0.156. The van der Waals surface area contributed by atoms with Gasteiger partial charge < -0.3 is 10.5 Å². The highest BCUT2D eigenvalue weighted by Gasteiger charge is 2.27. The van der Waals surface area contributed by atoms with Crippen molar-refractivity contribution in [2.45, 2.75) is 26.2 Å². The molecule has 1 heterocycles.